The van der Waals surface area contributed by atoms with Gasteiger partial charge in [-0.25, -0.2) is 0 Å². The molecule has 2 N–H and O–H groups in total. The van der Waals surface area contributed by atoms with Crippen LogP contribution in [-0.4, -0.2) is 32.6 Å². The second kappa shape index (κ2) is 4.56. The number of aliphatic hydroxyl groups is 1. The van der Waals surface area contributed by atoms with Gasteiger partial charge in [0.2, 0.25) is 0 Å². The van der Waals surface area contributed by atoms with Crippen LogP contribution in [0.25, 0.3) is 0 Å². The quantitative estimate of drug-likeness (QED) is 0.651. The van der Waals surface area contributed by atoms with Crippen LogP contribution < -0.4 is 5.32 Å². The van der Waals surface area contributed by atoms with E-state index in [1.807, 2.05) is 13.8 Å². The summed E-state index contributed by atoms with van der Waals surface area (Å²) in [4.78, 5) is 22.8. The summed E-state index contributed by atoms with van der Waals surface area (Å²) < 4.78 is 1.70. The molecule has 2 aliphatic rings. The summed E-state index contributed by atoms with van der Waals surface area (Å²) in [5.74, 6) is -0.306. The van der Waals surface area contributed by atoms with E-state index in [1.54, 1.807) is 4.57 Å². The van der Waals surface area contributed by atoms with E-state index in [9.17, 15) is 20.0 Å². The molecule has 0 aromatic carbocycles. The molecule has 0 saturated heterocycles. The van der Waals surface area contributed by atoms with Gasteiger partial charge in [-0.15, -0.1) is 0 Å². The van der Waals surface area contributed by atoms with Gasteiger partial charge in [0.15, 0.2) is 0 Å². The molecule has 1 amide bonds. The predicted octanol–water partition coefficient (Wildman–Crippen LogP) is 1.62. The number of hydrogen-bond donors (Lipinski definition) is 2. The Bertz CT molecular complexity index is 603. The molecule has 2 atom stereocenters. The molecule has 7 heteroatoms. The number of hydrogen-bond acceptors (Lipinski definition) is 4. The lowest BCUT2D eigenvalue weighted by Crippen LogP contribution is -2.61. The summed E-state index contributed by atoms with van der Waals surface area (Å²) in [6.45, 7) is 3.79. The Kier molecular flexibility index (Phi) is 3.05. The average molecular weight is 293 g/mol. The summed E-state index contributed by atoms with van der Waals surface area (Å²) in [6.07, 6.45) is 3.42. The summed E-state index contributed by atoms with van der Waals surface area (Å²) in [5, 5.41) is 23.5. The highest BCUT2D eigenvalue weighted by Gasteiger charge is 2.48. The van der Waals surface area contributed by atoms with E-state index in [0.29, 0.717) is 12.1 Å². The fourth-order valence-corrected chi connectivity index (χ4v) is 2.78. The number of nitrogens with zero attached hydrogens (tertiary/aromatic N) is 2. The van der Waals surface area contributed by atoms with Gasteiger partial charge < -0.3 is 15.0 Å². The fourth-order valence-electron chi connectivity index (χ4n) is 2.78. The zero-order chi connectivity index (χ0) is 15.4. The van der Waals surface area contributed by atoms with E-state index >= 15 is 0 Å². The second-order valence-corrected chi connectivity index (χ2v) is 6.58. The Morgan fingerprint density at radius 3 is 2.67 bits per heavy atom. The number of rotatable bonds is 4. The Balaban J connectivity index is 1.80. The summed E-state index contributed by atoms with van der Waals surface area (Å²) in [5.41, 5.74) is -0.0835. The molecule has 114 valence electrons. The SMILES string of the molecule is CC1(C)C(O)CC1NC(=O)c1cc([N+](=O)[O-])cn1C1CC1. The number of aromatic nitrogens is 1. The van der Waals surface area contributed by atoms with Crippen LogP contribution in [0.2, 0.25) is 0 Å². The molecule has 0 aliphatic heterocycles. The molecule has 7 nitrogen and oxygen atoms in total. The zero-order valence-corrected chi connectivity index (χ0v) is 12.1. The average Bonchev–Trinajstić information content (AvgIpc) is 3.16. The van der Waals surface area contributed by atoms with E-state index in [0.717, 1.165) is 12.8 Å². The van der Waals surface area contributed by atoms with E-state index in [4.69, 9.17) is 0 Å². The number of carbonyl (C=O) groups excluding carboxylic acids is 1. The maximum Gasteiger partial charge on any atom is 0.287 e. The molecule has 2 fully saturated rings. The van der Waals surface area contributed by atoms with Crippen molar-refractivity contribution in [3.8, 4) is 0 Å². The lowest BCUT2D eigenvalue weighted by molar-refractivity contribution is -0.384. The molecule has 21 heavy (non-hydrogen) atoms. The Labute approximate surface area is 122 Å². The van der Waals surface area contributed by atoms with Crippen molar-refractivity contribution in [1.29, 1.82) is 0 Å². The van der Waals surface area contributed by atoms with Crippen molar-refractivity contribution < 1.29 is 14.8 Å². The van der Waals surface area contributed by atoms with Crippen molar-refractivity contribution in [2.75, 3.05) is 0 Å². The van der Waals surface area contributed by atoms with Crippen molar-refractivity contribution in [2.24, 2.45) is 5.41 Å². The van der Waals surface area contributed by atoms with Gasteiger partial charge in [0, 0.05) is 23.6 Å². The Hall–Kier alpha value is -1.89. The van der Waals surface area contributed by atoms with Crippen LogP contribution in [-0.2, 0) is 0 Å². The molecule has 2 unspecified atom stereocenters. The molecule has 0 bridgehead atoms. The Morgan fingerprint density at radius 2 is 2.19 bits per heavy atom. The van der Waals surface area contributed by atoms with Gasteiger partial charge in [-0.2, -0.15) is 0 Å². The lowest BCUT2D eigenvalue weighted by atomic mass is 9.64. The fraction of sp³-hybridized carbons (Fsp3) is 0.643. The molecule has 1 heterocycles. The first-order valence-corrected chi connectivity index (χ1v) is 7.16. The molecular weight excluding hydrogens is 274 g/mol. The number of nitro groups is 1. The van der Waals surface area contributed by atoms with E-state index in [1.165, 1.54) is 12.3 Å². The highest BCUT2D eigenvalue weighted by Crippen LogP contribution is 2.41. The molecule has 2 aliphatic carbocycles. The maximum absolute atomic E-state index is 12.4. The van der Waals surface area contributed by atoms with Crippen LogP contribution in [0.4, 0.5) is 5.69 Å². The van der Waals surface area contributed by atoms with Crippen LogP contribution in [0, 0.1) is 15.5 Å². The van der Waals surface area contributed by atoms with Gasteiger partial charge >= 0.3 is 0 Å². The van der Waals surface area contributed by atoms with Crippen molar-refractivity contribution in [1.82, 2.24) is 9.88 Å². The van der Waals surface area contributed by atoms with Crippen LogP contribution in [0.5, 0.6) is 0 Å². The first-order valence-electron chi connectivity index (χ1n) is 7.16. The molecule has 1 aromatic rings. The van der Waals surface area contributed by atoms with Gasteiger partial charge in [0.05, 0.1) is 17.2 Å². The normalized spacial score (nSPS) is 27.0. The van der Waals surface area contributed by atoms with Crippen LogP contribution in [0.15, 0.2) is 12.3 Å². The number of amides is 1. The molecule has 2 saturated carbocycles. The molecule has 0 radical (unpaired) electrons. The van der Waals surface area contributed by atoms with Crippen molar-refractivity contribution in [3.05, 3.63) is 28.1 Å². The highest BCUT2D eigenvalue weighted by atomic mass is 16.6. The number of carbonyl (C=O) groups is 1. The van der Waals surface area contributed by atoms with Crippen molar-refractivity contribution >= 4 is 11.6 Å². The van der Waals surface area contributed by atoms with Crippen LogP contribution in [0.3, 0.4) is 0 Å². The van der Waals surface area contributed by atoms with Gasteiger partial charge in [0.1, 0.15) is 5.69 Å². The molecule has 3 rings (SSSR count). The third-order valence-corrected chi connectivity index (χ3v) is 4.74. The predicted molar refractivity (Wildman–Crippen MR) is 75.0 cm³/mol. The summed E-state index contributed by atoms with van der Waals surface area (Å²) in [6, 6.07) is 1.41. The highest BCUT2D eigenvalue weighted by molar-refractivity contribution is 5.94. The minimum atomic E-state index is -0.479. The maximum atomic E-state index is 12.4. The zero-order valence-electron chi connectivity index (χ0n) is 12.1. The van der Waals surface area contributed by atoms with E-state index in [-0.39, 0.29) is 29.1 Å². The van der Waals surface area contributed by atoms with Gasteiger partial charge in [-0.3, -0.25) is 14.9 Å². The molecular formula is C14H19N3O4. The Morgan fingerprint density at radius 1 is 1.52 bits per heavy atom. The van der Waals surface area contributed by atoms with Crippen LogP contribution >= 0.6 is 0 Å². The summed E-state index contributed by atoms with van der Waals surface area (Å²) in [7, 11) is 0. The van der Waals surface area contributed by atoms with Crippen molar-refractivity contribution in [3.63, 3.8) is 0 Å². The molecule has 1 aromatic heterocycles. The largest absolute Gasteiger partial charge is 0.392 e. The third-order valence-electron chi connectivity index (χ3n) is 4.74. The van der Waals surface area contributed by atoms with Crippen LogP contribution in [0.1, 0.15) is 49.6 Å². The smallest absolute Gasteiger partial charge is 0.287 e. The standard InChI is InChI=1S/C14H19N3O4/c1-14(2)11(6-12(14)18)15-13(19)10-5-9(17(20)21)7-16(10)8-3-4-8/h5,7-8,11-12,18H,3-4,6H2,1-2H3,(H,15,19). The van der Waals surface area contributed by atoms with E-state index in [2.05, 4.69) is 5.32 Å². The van der Waals surface area contributed by atoms with Crippen molar-refractivity contribution in [2.45, 2.75) is 51.3 Å². The van der Waals surface area contributed by atoms with Gasteiger partial charge in [-0.1, -0.05) is 13.8 Å². The third kappa shape index (κ3) is 2.31. The minimum Gasteiger partial charge on any atom is -0.392 e. The first-order chi connectivity index (χ1) is 9.80. The lowest BCUT2D eigenvalue weighted by Gasteiger charge is -2.49. The minimum absolute atomic E-state index is 0.0556. The first kappa shape index (κ1) is 14.1. The van der Waals surface area contributed by atoms with Gasteiger partial charge in [0.25, 0.3) is 11.6 Å². The second-order valence-electron chi connectivity index (χ2n) is 6.58. The summed E-state index contributed by atoms with van der Waals surface area (Å²) >= 11 is 0. The number of nitrogens with one attached hydrogen (secondary N) is 1. The topological polar surface area (TPSA) is 97.4 Å². The van der Waals surface area contributed by atoms with E-state index < -0.39 is 11.0 Å². The van der Waals surface area contributed by atoms with Gasteiger partial charge in [-0.05, 0) is 19.3 Å². The molecule has 0 spiro atoms. The number of aliphatic hydroxyl groups excluding tert-OH is 1. The monoisotopic (exact) mass is 293 g/mol.